The maximum absolute atomic E-state index is 13.7. The fourth-order valence-electron chi connectivity index (χ4n) is 3.51. The lowest BCUT2D eigenvalue weighted by Crippen LogP contribution is -2.26. The van der Waals surface area contributed by atoms with Gasteiger partial charge in [-0.1, -0.05) is 0 Å². The van der Waals surface area contributed by atoms with Gasteiger partial charge in [-0.3, -0.25) is 4.79 Å². The number of methoxy groups -OCH3 is 2. The largest absolute Gasteiger partial charge is 0.493 e. The zero-order valence-corrected chi connectivity index (χ0v) is 20.2. The second-order valence-corrected chi connectivity index (χ2v) is 8.21. The summed E-state index contributed by atoms with van der Waals surface area (Å²) in [4.78, 5) is 21.6. The minimum atomic E-state index is -1.51. The van der Waals surface area contributed by atoms with Gasteiger partial charge < -0.3 is 24.4 Å². The van der Waals surface area contributed by atoms with Gasteiger partial charge in [0.1, 0.15) is 23.7 Å². The molecular formula is C26H29FN2O6. The Kier molecular flexibility index (Phi) is 8.37. The van der Waals surface area contributed by atoms with Gasteiger partial charge in [-0.2, -0.15) is 0 Å². The molecule has 2 N–H and O–H groups in total. The maximum atomic E-state index is 13.7. The number of carbonyl (C=O) groups excluding carboxylic acids is 1. The molecule has 0 spiro atoms. The Hall–Kier alpha value is -3.56. The van der Waals surface area contributed by atoms with Crippen LogP contribution < -0.4 is 14.2 Å². The SMILES string of the molecule is COc1cc(C(=O)CCC(C)(O)c2ncc(OC)c(-c3ccc(F)c(C)c3)n2)ccc1OCCO. The van der Waals surface area contributed by atoms with Crippen LogP contribution in [-0.2, 0) is 5.60 Å². The molecule has 0 saturated heterocycles. The van der Waals surface area contributed by atoms with Crippen molar-refractivity contribution in [3.63, 3.8) is 0 Å². The van der Waals surface area contributed by atoms with Crippen LogP contribution in [0.25, 0.3) is 11.3 Å². The highest BCUT2D eigenvalue weighted by molar-refractivity contribution is 5.96. The lowest BCUT2D eigenvalue weighted by atomic mass is 9.95. The molecular weight excluding hydrogens is 455 g/mol. The average Bonchev–Trinajstić information content (AvgIpc) is 2.87. The van der Waals surface area contributed by atoms with Gasteiger partial charge in [0.15, 0.2) is 28.9 Å². The Balaban J connectivity index is 1.80. The lowest BCUT2D eigenvalue weighted by molar-refractivity contribution is 0.0353. The van der Waals surface area contributed by atoms with E-state index in [9.17, 15) is 14.3 Å². The van der Waals surface area contributed by atoms with Crippen molar-refractivity contribution in [2.45, 2.75) is 32.3 Å². The van der Waals surface area contributed by atoms with Crippen molar-refractivity contribution in [2.75, 3.05) is 27.4 Å². The normalized spacial score (nSPS) is 12.7. The van der Waals surface area contributed by atoms with Crippen molar-refractivity contribution in [2.24, 2.45) is 0 Å². The van der Waals surface area contributed by atoms with Crippen molar-refractivity contribution >= 4 is 5.78 Å². The van der Waals surface area contributed by atoms with E-state index in [0.29, 0.717) is 39.6 Å². The number of aliphatic hydroxyl groups is 2. The van der Waals surface area contributed by atoms with E-state index in [2.05, 4.69) is 9.97 Å². The number of benzene rings is 2. The Labute approximate surface area is 203 Å². The number of carbonyl (C=O) groups is 1. The van der Waals surface area contributed by atoms with Crippen LogP contribution in [0.3, 0.4) is 0 Å². The van der Waals surface area contributed by atoms with Crippen LogP contribution >= 0.6 is 0 Å². The van der Waals surface area contributed by atoms with Crippen LogP contribution in [0.1, 0.15) is 41.5 Å². The second-order valence-electron chi connectivity index (χ2n) is 8.21. The number of hydrogen-bond acceptors (Lipinski definition) is 8. The molecule has 0 radical (unpaired) electrons. The molecule has 1 aromatic heterocycles. The highest BCUT2D eigenvalue weighted by atomic mass is 19.1. The molecule has 9 heteroatoms. The number of ketones is 1. The zero-order valence-electron chi connectivity index (χ0n) is 20.2. The minimum absolute atomic E-state index is 0.0212. The van der Waals surface area contributed by atoms with Gasteiger partial charge >= 0.3 is 0 Å². The van der Waals surface area contributed by atoms with Crippen LogP contribution in [0, 0.1) is 12.7 Å². The number of halogens is 1. The standard InChI is InChI=1S/C26H29FN2O6/c1-16-13-18(5-7-19(16)27)24-23(34-4)15-28-25(29-24)26(2,32)10-9-20(31)17-6-8-21(35-12-11-30)22(14-17)33-3/h5-8,13-15,30,32H,9-12H2,1-4H3. The Bertz CT molecular complexity index is 1200. The molecule has 0 amide bonds. The first kappa shape index (κ1) is 26.1. The van der Waals surface area contributed by atoms with E-state index in [1.807, 2.05) is 0 Å². The third kappa shape index (κ3) is 6.12. The van der Waals surface area contributed by atoms with Crippen LogP contribution in [0.5, 0.6) is 17.2 Å². The van der Waals surface area contributed by atoms with E-state index in [-0.39, 0.29) is 43.5 Å². The van der Waals surface area contributed by atoms with Gasteiger partial charge in [0.05, 0.1) is 27.0 Å². The number of ether oxygens (including phenoxy) is 3. The molecule has 8 nitrogen and oxygen atoms in total. The van der Waals surface area contributed by atoms with Gasteiger partial charge in [-0.05, 0) is 62.2 Å². The van der Waals surface area contributed by atoms with E-state index in [1.54, 1.807) is 37.3 Å². The quantitative estimate of drug-likeness (QED) is 0.395. The van der Waals surface area contributed by atoms with Crippen LogP contribution in [-0.4, -0.2) is 53.4 Å². The van der Waals surface area contributed by atoms with E-state index >= 15 is 0 Å². The summed E-state index contributed by atoms with van der Waals surface area (Å²) in [6.45, 7) is 3.15. The van der Waals surface area contributed by atoms with Crippen molar-refractivity contribution in [1.29, 1.82) is 0 Å². The molecule has 1 heterocycles. The first-order valence-electron chi connectivity index (χ1n) is 11.1. The number of hydrogen-bond donors (Lipinski definition) is 2. The molecule has 2 aromatic carbocycles. The second kappa shape index (κ2) is 11.2. The molecule has 0 bridgehead atoms. The summed E-state index contributed by atoms with van der Waals surface area (Å²) in [5.74, 6) is 0.738. The van der Waals surface area contributed by atoms with Crippen molar-refractivity contribution in [3.8, 4) is 28.5 Å². The molecule has 1 atom stereocenters. The Morgan fingerprint density at radius 1 is 1.09 bits per heavy atom. The monoisotopic (exact) mass is 484 g/mol. The zero-order chi connectivity index (χ0) is 25.6. The molecule has 3 aromatic rings. The molecule has 1 unspecified atom stereocenters. The summed E-state index contributed by atoms with van der Waals surface area (Å²) in [5.41, 5.74) is 0.361. The first-order valence-corrected chi connectivity index (χ1v) is 11.1. The number of nitrogens with zero attached hydrogens (tertiary/aromatic N) is 2. The van der Waals surface area contributed by atoms with E-state index in [0.717, 1.165) is 0 Å². The Morgan fingerprint density at radius 2 is 1.83 bits per heavy atom. The number of Topliss-reactive ketones (excluding diaryl/α,β-unsaturated/α-hetero) is 1. The smallest absolute Gasteiger partial charge is 0.163 e. The fourth-order valence-corrected chi connectivity index (χ4v) is 3.51. The molecule has 0 aliphatic rings. The third-order valence-electron chi connectivity index (χ3n) is 5.56. The van der Waals surface area contributed by atoms with Gasteiger partial charge in [-0.15, -0.1) is 0 Å². The van der Waals surface area contributed by atoms with Crippen LogP contribution in [0.4, 0.5) is 4.39 Å². The lowest BCUT2D eigenvalue weighted by Gasteiger charge is -2.22. The van der Waals surface area contributed by atoms with Gasteiger partial charge in [0.25, 0.3) is 0 Å². The van der Waals surface area contributed by atoms with Crippen molar-refractivity contribution in [3.05, 3.63) is 65.4 Å². The molecule has 0 saturated carbocycles. The van der Waals surface area contributed by atoms with E-state index < -0.39 is 5.60 Å². The van der Waals surface area contributed by atoms with Crippen molar-refractivity contribution in [1.82, 2.24) is 9.97 Å². The maximum Gasteiger partial charge on any atom is 0.163 e. The molecule has 35 heavy (non-hydrogen) atoms. The molecule has 0 aliphatic carbocycles. The summed E-state index contributed by atoms with van der Waals surface area (Å²) in [6, 6.07) is 9.33. The number of aryl methyl sites for hydroxylation is 1. The predicted octanol–water partition coefficient (Wildman–Crippen LogP) is 3.85. The number of aliphatic hydroxyl groups excluding tert-OH is 1. The van der Waals surface area contributed by atoms with E-state index in [4.69, 9.17) is 19.3 Å². The summed E-state index contributed by atoms with van der Waals surface area (Å²) < 4.78 is 29.8. The summed E-state index contributed by atoms with van der Waals surface area (Å²) in [7, 11) is 2.94. The molecule has 186 valence electrons. The third-order valence-corrected chi connectivity index (χ3v) is 5.56. The topological polar surface area (TPSA) is 111 Å². The molecule has 3 rings (SSSR count). The highest BCUT2D eigenvalue weighted by Crippen LogP contribution is 2.33. The van der Waals surface area contributed by atoms with E-state index in [1.165, 1.54) is 33.4 Å². The van der Waals surface area contributed by atoms with Gasteiger partial charge in [0, 0.05) is 17.5 Å². The van der Waals surface area contributed by atoms with Gasteiger partial charge in [-0.25, -0.2) is 14.4 Å². The average molecular weight is 485 g/mol. The van der Waals surface area contributed by atoms with Crippen molar-refractivity contribution < 1.29 is 33.6 Å². The fraction of sp³-hybridized carbons (Fsp3) is 0.346. The van der Waals surface area contributed by atoms with Crippen LogP contribution in [0.2, 0.25) is 0 Å². The summed E-state index contributed by atoms with van der Waals surface area (Å²) in [6.07, 6.45) is 1.53. The summed E-state index contributed by atoms with van der Waals surface area (Å²) in [5, 5.41) is 20.0. The summed E-state index contributed by atoms with van der Waals surface area (Å²) >= 11 is 0. The number of rotatable bonds is 11. The Morgan fingerprint density at radius 3 is 2.49 bits per heavy atom. The molecule has 0 aliphatic heterocycles. The highest BCUT2D eigenvalue weighted by Gasteiger charge is 2.29. The minimum Gasteiger partial charge on any atom is -0.493 e. The van der Waals surface area contributed by atoms with Gasteiger partial charge in [0.2, 0.25) is 0 Å². The first-order chi connectivity index (χ1) is 16.7. The predicted molar refractivity (Wildman–Crippen MR) is 127 cm³/mol. The van der Waals surface area contributed by atoms with Crippen LogP contribution in [0.15, 0.2) is 42.6 Å². The molecule has 0 fully saturated rings. The number of aromatic nitrogens is 2.